The molecule has 3 rings (SSSR count). The molecule has 0 radical (unpaired) electrons. The van der Waals surface area contributed by atoms with Crippen molar-refractivity contribution in [1.82, 2.24) is 5.48 Å². The highest BCUT2D eigenvalue weighted by molar-refractivity contribution is 6.28. The van der Waals surface area contributed by atoms with Gasteiger partial charge in [-0.15, -0.1) is 0 Å². The standard InChI is InChI=1S/C26H21N3O6/c27-24(32)18-10-5-4-9-16(18)21(30)14-22(31)23-17(11-6-12-19(23)25(28)33)20(26(34)29-35)13-15-7-2-1-3-8-15/h1-13,35H,14H2,(H2,27,32)(H2,28,33)(H,29,34). The van der Waals surface area contributed by atoms with E-state index in [0.717, 1.165) is 0 Å². The molecule has 0 unspecified atom stereocenters. The summed E-state index contributed by atoms with van der Waals surface area (Å²) in [5.74, 6) is -4.27. The molecule has 0 heterocycles. The van der Waals surface area contributed by atoms with Gasteiger partial charge in [-0.25, -0.2) is 5.48 Å². The van der Waals surface area contributed by atoms with Crippen molar-refractivity contribution in [2.45, 2.75) is 6.42 Å². The Hall–Kier alpha value is -4.89. The first-order valence-corrected chi connectivity index (χ1v) is 10.3. The number of nitrogens with two attached hydrogens (primary N) is 2. The Balaban J connectivity index is 2.14. The van der Waals surface area contributed by atoms with Crippen molar-refractivity contribution < 1.29 is 29.2 Å². The van der Waals surface area contributed by atoms with E-state index in [1.165, 1.54) is 54.0 Å². The Kier molecular flexibility index (Phi) is 7.65. The van der Waals surface area contributed by atoms with Gasteiger partial charge in [-0.05, 0) is 29.3 Å². The van der Waals surface area contributed by atoms with Crippen molar-refractivity contribution in [2.75, 3.05) is 0 Å². The molecular weight excluding hydrogens is 450 g/mol. The molecule has 9 nitrogen and oxygen atoms in total. The number of benzene rings is 3. The van der Waals surface area contributed by atoms with Crippen LogP contribution in [0.1, 0.15) is 59.0 Å². The van der Waals surface area contributed by atoms with E-state index in [0.29, 0.717) is 5.56 Å². The molecule has 3 aromatic carbocycles. The van der Waals surface area contributed by atoms with Gasteiger partial charge in [-0.2, -0.15) is 0 Å². The average Bonchev–Trinajstić information content (AvgIpc) is 2.86. The third-order valence-electron chi connectivity index (χ3n) is 5.17. The molecule has 0 fully saturated rings. The molecule has 0 aromatic heterocycles. The molecular formula is C26H21N3O6. The van der Waals surface area contributed by atoms with Crippen molar-refractivity contribution >= 4 is 40.9 Å². The zero-order valence-corrected chi connectivity index (χ0v) is 18.4. The van der Waals surface area contributed by atoms with Crippen molar-refractivity contribution in [3.05, 3.63) is 106 Å². The van der Waals surface area contributed by atoms with Crippen molar-refractivity contribution in [2.24, 2.45) is 11.5 Å². The van der Waals surface area contributed by atoms with Crippen LogP contribution in [0.3, 0.4) is 0 Å². The Morgan fingerprint density at radius 1 is 0.686 bits per heavy atom. The maximum Gasteiger partial charge on any atom is 0.275 e. The molecule has 9 heteroatoms. The monoisotopic (exact) mass is 471 g/mol. The second-order valence-electron chi connectivity index (χ2n) is 7.43. The first-order chi connectivity index (χ1) is 16.7. The largest absolute Gasteiger partial charge is 0.366 e. The van der Waals surface area contributed by atoms with Crippen LogP contribution >= 0.6 is 0 Å². The number of hydrogen-bond acceptors (Lipinski definition) is 6. The minimum absolute atomic E-state index is 0.0160. The summed E-state index contributed by atoms with van der Waals surface area (Å²) < 4.78 is 0. The second kappa shape index (κ2) is 10.8. The fraction of sp³-hybridized carbons (Fsp3) is 0.0385. The molecule has 0 aliphatic heterocycles. The van der Waals surface area contributed by atoms with Crippen LogP contribution in [-0.4, -0.2) is 34.5 Å². The Bertz CT molecular complexity index is 1360. The van der Waals surface area contributed by atoms with E-state index >= 15 is 0 Å². The third kappa shape index (κ3) is 5.55. The van der Waals surface area contributed by atoms with E-state index in [1.54, 1.807) is 30.3 Å². The molecule has 0 spiro atoms. The van der Waals surface area contributed by atoms with Crippen LogP contribution in [0.5, 0.6) is 0 Å². The molecule has 6 N–H and O–H groups in total. The number of nitrogens with one attached hydrogen (secondary N) is 1. The van der Waals surface area contributed by atoms with E-state index in [-0.39, 0.29) is 33.4 Å². The van der Waals surface area contributed by atoms with E-state index in [9.17, 15) is 29.2 Å². The highest BCUT2D eigenvalue weighted by Crippen LogP contribution is 2.27. The lowest BCUT2D eigenvalue weighted by Crippen LogP contribution is -2.24. The van der Waals surface area contributed by atoms with E-state index in [2.05, 4.69) is 0 Å². The summed E-state index contributed by atoms with van der Waals surface area (Å²) >= 11 is 0. The number of carbonyl (C=O) groups excluding carboxylic acids is 5. The second-order valence-corrected chi connectivity index (χ2v) is 7.43. The van der Waals surface area contributed by atoms with E-state index in [4.69, 9.17) is 11.5 Å². The van der Waals surface area contributed by atoms with Gasteiger partial charge in [0.05, 0.1) is 17.6 Å². The number of Topliss-reactive ketones (excluding diaryl/α,β-unsaturated/α-hetero) is 2. The predicted octanol–water partition coefficient (Wildman–Crippen LogP) is 2.39. The van der Waals surface area contributed by atoms with Gasteiger partial charge in [-0.1, -0.05) is 60.7 Å². The molecule has 0 bridgehead atoms. The summed E-state index contributed by atoms with van der Waals surface area (Å²) in [6.45, 7) is 0. The number of ketones is 2. The minimum Gasteiger partial charge on any atom is -0.366 e. The van der Waals surface area contributed by atoms with Gasteiger partial charge in [-0.3, -0.25) is 29.2 Å². The molecule has 3 amide bonds. The fourth-order valence-electron chi connectivity index (χ4n) is 3.59. The Labute approximate surface area is 200 Å². The maximum atomic E-state index is 13.4. The van der Waals surface area contributed by atoms with Crippen molar-refractivity contribution in [1.29, 1.82) is 0 Å². The van der Waals surface area contributed by atoms with Crippen LogP contribution in [0.4, 0.5) is 0 Å². The smallest absolute Gasteiger partial charge is 0.275 e. The molecule has 0 aliphatic rings. The van der Waals surface area contributed by atoms with Crippen LogP contribution in [0.15, 0.2) is 72.8 Å². The normalized spacial score (nSPS) is 10.9. The van der Waals surface area contributed by atoms with Crippen LogP contribution in [0.2, 0.25) is 0 Å². The molecule has 0 saturated heterocycles. The quantitative estimate of drug-likeness (QED) is 0.0932. The molecule has 35 heavy (non-hydrogen) atoms. The van der Waals surface area contributed by atoms with Gasteiger partial charge < -0.3 is 11.5 Å². The summed E-state index contributed by atoms with van der Waals surface area (Å²) in [4.78, 5) is 62.7. The lowest BCUT2D eigenvalue weighted by atomic mass is 9.88. The van der Waals surface area contributed by atoms with Crippen molar-refractivity contribution in [3.63, 3.8) is 0 Å². The van der Waals surface area contributed by atoms with Gasteiger partial charge in [0, 0.05) is 16.7 Å². The zero-order valence-electron chi connectivity index (χ0n) is 18.4. The molecule has 176 valence electrons. The van der Waals surface area contributed by atoms with Gasteiger partial charge in [0.25, 0.3) is 5.91 Å². The number of hydroxylamine groups is 1. The van der Waals surface area contributed by atoms with Gasteiger partial charge >= 0.3 is 0 Å². The lowest BCUT2D eigenvalue weighted by molar-refractivity contribution is -0.123. The van der Waals surface area contributed by atoms with Crippen molar-refractivity contribution in [3.8, 4) is 0 Å². The van der Waals surface area contributed by atoms with Crippen LogP contribution in [-0.2, 0) is 4.79 Å². The summed E-state index contributed by atoms with van der Waals surface area (Å²) in [5.41, 5.74) is 12.2. The SMILES string of the molecule is NC(=O)c1ccccc1C(=O)CC(=O)c1c(C(N)=O)cccc1C(=Cc1ccccc1)C(=O)NO. The highest BCUT2D eigenvalue weighted by Gasteiger charge is 2.27. The lowest BCUT2D eigenvalue weighted by Gasteiger charge is -2.15. The van der Waals surface area contributed by atoms with Gasteiger partial charge in [0.15, 0.2) is 11.6 Å². The maximum absolute atomic E-state index is 13.4. The Morgan fingerprint density at radius 2 is 1.23 bits per heavy atom. The van der Waals surface area contributed by atoms with E-state index in [1.807, 2.05) is 0 Å². The number of hydrogen-bond donors (Lipinski definition) is 4. The van der Waals surface area contributed by atoms with E-state index < -0.39 is 35.7 Å². The van der Waals surface area contributed by atoms with Gasteiger partial charge in [0.1, 0.15) is 0 Å². The van der Waals surface area contributed by atoms with Crippen LogP contribution in [0.25, 0.3) is 11.6 Å². The third-order valence-corrected chi connectivity index (χ3v) is 5.17. The number of carbonyl (C=O) groups is 5. The molecule has 3 aromatic rings. The minimum atomic E-state index is -0.955. The summed E-state index contributed by atoms with van der Waals surface area (Å²) in [5, 5.41) is 9.31. The Morgan fingerprint density at radius 3 is 1.83 bits per heavy atom. The summed E-state index contributed by atoms with van der Waals surface area (Å²) in [7, 11) is 0. The van der Waals surface area contributed by atoms with Gasteiger partial charge in [0.2, 0.25) is 11.8 Å². The molecule has 0 atom stereocenters. The fourth-order valence-corrected chi connectivity index (χ4v) is 3.59. The average molecular weight is 471 g/mol. The molecule has 0 aliphatic carbocycles. The first kappa shape index (κ1) is 24.7. The highest BCUT2D eigenvalue weighted by atomic mass is 16.5. The summed E-state index contributed by atoms with van der Waals surface area (Å²) in [6.07, 6.45) is 0.674. The molecule has 0 saturated carbocycles. The number of primary amides is 2. The topological polar surface area (TPSA) is 170 Å². The van der Waals surface area contributed by atoms with Crippen LogP contribution < -0.4 is 16.9 Å². The number of rotatable bonds is 9. The summed E-state index contributed by atoms with van der Waals surface area (Å²) in [6, 6.07) is 18.4. The predicted molar refractivity (Wildman–Crippen MR) is 127 cm³/mol. The van der Waals surface area contributed by atoms with Crippen LogP contribution in [0, 0.1) is 0 Å². The number of amides is 3. The first-order valence-electron chi connectivity index (χ1n) is 10.3. The zero-order chi connectivity index (χ0) is 25.5.